The molecule has 2 unspecified atom stereocenters. The molecule has 0 fully saturated rings. The minimum atomic E-state index is -5.84. The number of anilines is 2. The van der Waals surface area contributed by atoms with Crippen LogP contribution in [-0.2, 0) is 30.7 Å². The lowest BCUT2D eigenvalue weighted by atomic mass is 9.70. The van der Waals surface area contributed by atoms with Gasteiger partial charge in [0, 0.05) is 21.2 Å². The smallest absolute Gasteiger partial charge is 0.508 e. The molecule has 0 radical (unpaired) electrons. The van der Waals surface area contributed by atoms with E-state index in [2.05, 4.69) is 15.4 Å². The Bertz CT molecular complexity index is 2770. The molecular formula is C45H36Cl2F6N2O9S. The molecule has 8 rings (SSSR count). The number of carbonyl (C=O) groups is 2. The van der Waals surface area contributed by atoms with Gasteiger partial charge in [-0.05, 0) is 97.1 Å². The zero-order valence-corrected chi connectivity index (χ0v) is 36.2. The Morgan fingerprint density at radius 1 is 0.585 bits per heavy atom. The zero-order valence-electron chi connectivity index (χ0n) is 33.9. The lowest BCUT2D eigenvalue weighted by molar-refractivity contribution is -0.274. The number of fused-ring (bicyclic) bond motifs is 2. The minimum Gasteiger partial charge on any atom is -0.508 e. The van der Waals surface area contributed by atoms with E-state index in [1.165, 1.54) is 18.2 Å². The summed E-state index contributed by atoms with van der Waals surface area (Å²) in [6.07, 6.45) is -4.82. The number of hydrogen-bond acceptors (Lipinski definition) is 8. The predicted molar refractivity (Wildman–Crippen MR) is 231 cm³/mol. The highest BCUT2D eigenvalue weighted by molar-refractivity contribution is 7.86. The van der Waals surface area contributed by atoms with Crippen molar-refractivity contribution >= 4 is 56.5 Å². The maximum absolute atomic E-state index is 13.4. The number of aromatic hydroxyl groups is 2. The number of hydrogen-bond donors (Lipinski definition) is 6. The molecule has 6 aromatic carbocycles. The number of nitrogens with one attached hydrogen (secondary N) is 2. The van der Waals surface area contributed by atoms with E-state index in [4.69, 9.17) is 41.3 Å². The van der Waals surface area contributed by atoms with Gasteiger partial charge < -0.3 is 30.7 Å². The summed E-state index contributed by atoms with van der Waals surface area (Å²) in [6.45, 7) is 5.61. The van der Waals surface area contributed by atoms with Crippen molar-refractivity contribution in [1.82, 2.24) is 0 Å². The predicted octanol–water partition coefficient (Wildman–Crippen LogP) is 10.5. The molecule has 2 amide bonds. The van der Waals surface area contributed by atoms with Gasteiger partial charge in [0.05, 0.1) is 11.4 Å². The van der Waals surface area contributed by atoms with Crippen LogP contribution in [0.25, 0.3) is 0 Å². The highest BCUT2D eigenvalue weighted by Crippen LogP contribution is 2.50. The van der Waals surface area contributed by atoms with Gasteiger partial charge in [0.1, 0.15) is 22.7 Å². The van der Waals surface area contributed by atoms with Crippen LogP contribution in [0.15, 0.2) is 127 Å². The molecule has 6 N–H and O–H groups in total. The van der Waals surface area contributed by atoms with Crippen LogP contribution in [0.1, 0.15) is 44.5 Å². The minimum absolute atomic E-state index is 0.118. The molecule has 2 aliphatic rings. The van der Waals surface area contributed by atoms with Crippen molar-refractivity contribution in [3.05, 3.63) is 182 Å². The molecule has 0 aliphatic carbocycles. The molecule has 65 heavy (non-hydrogen) atoms. The number of phenols is 2. The van der Waals surface area contributed by atoms with E-state index in [0.717, 1.165) is 45.6 Å². The number of para-hydroxylation sites is 1. The average Bonchev–Trinajstić information content (AvgIpc) is 3.68. The number of amides is 2. The average molecular weight is 966 g/mol. The lowest BCUT2D eigenvalue weighted by Gasteiger charge is -2.29. The molecular weight excluding hydrogens is 929 g/mol. The number of phenolic OH excluding ortho intramolecular Hbond substituents is 2. The van der Waals surface area contributed by atoms with Gasteiger partial charge >= 0.3 is 22.0 Å². The summed E-state index contributed by atoms with van der Waals surface area (Å²) in [6, 6.07) is 34.8. The molecule has 0 bridgehead atoms. The van der Waals surface area contributed by atoms with Crippen LogP contribution in [0, 0.1) is 20.8 Å². The molecule has 0 saturated carbocycles. The Labute approximate surface area is 377 Å². The van der Waals surface area contributed by atoms with Crippen molar-refractivity contribution in [2.75, 3.05) is 10.6 Å². The first-order chi connectivity index (χ1) is 30.2. The van der Waals surface area contributed by atoms with E-state index < -0.39 is 44.7 Å². The third-order valence-corrected chi connectivity index (χ3v) is 11.5. The fourth-order valence-corrected chi connectivity index (χ4v) is 7.15. The number of alkyl halides is 6. The summed E-state index contributed by atoms with van der Waals surface area (Å²) in [5.41, 5.74) is -1.83. The second-order valence-electron chi connectivity index (χ2n) is 14.3. The highest BCUT2D eigenvalue weighted by Gasteiger charge is 2.51. The van der Waals surface area contributed by atoms with Gasteiger partial charge in [-0.15, -0.1) is 13.2 Å². The molecule has 2 atom stereocenters. The number of carbonyl (C=O) groups excluding carboxylic acids is 2. The summed E-state index contributed by atoms with van der Waals surface area (Å²) in [5.74, 6) is -0.776. The van der Waals surface area contributed by atoms with Crippen molar-refractivity contribution < 1.29 is 69.0 Å². The third-order valence-electron chi connectivity index (χ3n) is 10.1. The molecule has 0 saturated heterocycles. The Kier molecular flexibility index (Phi) is 14.6. The van der Waals surface area contributed by atoms with Crippen LogP contribution >= 0.6 is 23.2 Å². The molecule has 0 spiro atoms. The van der Waals surface area contributed by atoms with Crippen LogP contribution in [0.2, 0.25) is 10.0 Å². The largest absolute Gasteiger partial charge is 0.573 e. The number of aryl methyl sites for hydroxylation is 1. The SMILES string of the molecule is Cc1c(Cl)ccc2c1NC(=O)C2(O)c1ccc(OC(F)(F)F)cc1.Cc1ccc(C2(c3ccc(O)cc3)C(=O)Nc3c2ccc(Cl)c3C)cc1.O=S(=O)(O)C(F)(F)F.Oc1ccccc1. The lowest BCUT2D eigenvalue weighted by Crippen LogP contribution is -2.37. The van der Waals surface area contributed by atoms with Gasteiger partial charge in [0.2, 0.25) is 5.91 Å². The first-order valence-electron chi connectivity index (χ1n) is 18.7. The van der Waals surface area contributed by atoms with Crippen LogP contribution in [-0.4, -0.2) is 52.0 Å². The zero-order chi connectivity index (χ0) is 48.3. The summed E-state index contributed by atoms with van der Waals surface area (Å²) in [7, 11) is -5.84. The number of halogens is 8. The van der Waals surface area contributed by atoms with Crippen LogP contribution in [0.5, 0.6) is 17.2 Å². The number of benzene rings is 6. The number of ether oxygens (including phenoxy) is 1. The van der Waals surface area contributed by atoms with Crippen LogP contribution in [0.3, 0.4) is 0 Å². The normalized spacial score (nSPS) is 17.4. The Morgan fingerprint density at radius 3 is 1.45 bits per heavy atom. The maximum Gasteiger partial charge on any atom is 0.573 e. The monoisotopic (exact) mass is 964 g/mol. The van der Waals surface area contributed by atoms with Crippen LogP contribution in [0.4, 0.5) is 37.7 Å². The Hall–Kier alpha value is -6.31. The van der Waals surface area contributed by atoms with Crippen molar-refractivity contribution in [2.24, 2.45) is 0 Å². The molecule has 342 valence electrons. The van der Waals surface area contributed by atoms with Crippen molar-refractivity contribution in [1.29, 1.82) is 0 Å². The maximum atomic E-state index is 13.4. The van der Waals surface area contributed by atoms with Crippen molar-refractivity contribution in [2.45, 2.75) is 43.7 Å². The molecule has 2 heterocycles. The summed E-state index contributed by atoms with van der Waals surface area (Å²) >= 11 is 12.3. The van der Waals surface area contributed by atoms with Gasteiger partial charge in [0.15, 0.2) is 5.60 Å². The second kappa shape index (κ2) is 19.0. The van der Waals surface area contributed by atoms with Crippen molar-refractivity contribution in [3.63, 3.8) is 0 Å². The second-order valence-corrected chi connectivity index (χ2v) is 16.5. The summed E-state index contributed by atoms with van der Waals surface area (Å²) in [4.78, 5) is 25.7. The van der Waals surface area contributed by atoms with E-state index >= 15 is 0 Å². The number of rotatable bonds is 4. The van der Waals surface area contributed by atoms with E-state index in [0.29, 0.717) is 32.6 Å². The topological polar surface area (TPSA) is 182 Å². The van der Waals surface area contributed by atoms with E-state index in [1.54, 1.807) is 61.5 Å². The van der Waals surface area contributed by atoms with E-state index in [9.17, 15) is 46.1 Å². The molecule has 2 aliphatic heterocycles. The summed E-state index contributed by atoms with van der Waals surface area (Å²) < 4.78 is 98.0. The van der Waals surface area contributed by atoms with Gasteiger partial charge in [0.25, 0.3) is 5.91 Å². The van der Waals surface area contributed by atoms with Gasteiger partial charge in [-0.25, -0.2) is 0 Å². The Balaban J connectivity index is 0.000000186. The molecule has 11 nitrogen and oxygen atoms in total. The first-order valence-corrected chi connectivity index (χ1v) is 20.9. The fourth-order valence-electron chi connectivity index (χ4n) is 6.83. The van der Waals surface area contributed by atoms with Crippen LogP contribution < -0.4 is 15.4 Å². The molecule has 0 aromatic heterocycles. The Morgan fingerprint density at radius 2 is 1.00 bits per heavy atom. The fraction of sp³-hybridized carbons (Fsp3) is 0.156. The summed E-state index contributed by atoms with van der Waals surface area (Å²) in [5, 5.41) is 35.9. The van der Waals surface area contributed by atoms with Gasteiger partial charge in [-0.2, -0.15) is 21.6 Å². The molecule has 20 heteroatoms. The third kappa shape index (κ3) is 10.6. The van der Waals surface area contributed by atoms with Gasteiger partial charge in [-0.1, -0.05) is 108 Å². The molecule has 6 aromatic rings. The van der Waals surface area contributed by atoms with E-state index in [1.807, 2.05) is 56.3 Å². The highest BCUT2D eigenvalue weighted by atomic mass is 35.5. The standard InChI is InChI=1S/C22H18ClNO2.C16H11ClF3NO3.C6H6O.CHF3O3S/c1-13-3-5-15(6-4-13)22(16-7-9-17(25)10-8-16)18-11-12-19(23)14(2)20(18)24-21(22)26;1-8-12(17)7-6-11-13(8)21-14(22)15(11,23)9-2-4-10(5-3-9)24-16(18,19)20;7-6-4-2-1-3-5-6;2-1(3,4)8(5,6)7/h3-12,25H,1-2H3,(H,24,26);2-7,23H,1H3,(H,21,22);1-5,7H;(H,5,6,7). The van der Waals surface area contributed by atoms with Crippen molar-refractivity contribution in [3.8, 4) is 17.2 Å². The first kappa shape index (κ1) is 49.7. The van der Waals surface area contributed by atoms with Gasteiger partial charge in [-0.3, -0.25) is 14.1 Å². The van der Waals surface area contributed by atoms with E-state index in [-0.39, 0.29) is 17.2 Å². The number of aliphatic hydroxyl groups is 1. The quantitative estimate of drug-likeness (QED) is 0.0569.